The molecule has 0 radical (unpaired) electrons. The van der Waals surface area contributed by atoms with Crippen molar-refractivity contribution in [3.63, 3.8) is 0 Å². The van der Waals surface area contributed by atoms with Gasteiger partial charge in [0.2, 0.25) is 0 Å². The Morgan fingerprint density at radius 3 is 2.25 bits per heavy atom. The van der Waals surface area contributed by atoms with Crippen LogP contribution in [0.2, 0.25) is 0 Å². The SMILES string of the molecule is CC(C)NCc1ccc(CN2CC3CCCC3C2)cc1. The predicted octanol–water partition coefficient (Wildman–Crippen LogP) is 3.42. The molecule has 3 rings (SSSR count). The Hall–Kier alpha value is -0.860. The zero-order valence-electron chi connectivity index (χ0n) is 12.9. The van der Waals surface area contributed by atoms with Gasteiger partial charge in [-0.1, -0.05) is 44.5 Å². The van der Waals surface area contributed by atoms with Gasteiger partial charge in [-0.05, 0) is 35.8 Å². The molecule has 110 valence electrons. The fraction of sp³-hybridized carbons (Fsp3) is 0.667. The maximum Gasteiger partial charge on any atom is 0.0233 e. The van der Waals surface area contributed by atoms with Crippen molar-refractivity contribution in [2.75, 3.05) is 13.1 Å². The summed E-state index contributed by atoms with van der Waals surface area (Å²) in [4.78, 5) is 2.66. The first-order valence-electron chi connectivity index (χ1n) is 8.24. The summed E-state index contributed by atoms with van der Waals surface area (Å²) in [6, 6.07) is 9.74. The van der Waals surface area contributed by atoms with E-state index < -0.39 is 0 Å². The van der Waals surface area contributed by atoms with Crippen molar-refractivity contribution >= 4 is 0 Å². The molecule has 1 aliphatic carbocycles. The molecule has 2 fully saturated rings. The molecule has 0 spiro atoms. The number of likely N-dealkylation sites (tertiary alicyclic amines) is 1. The van der Waals surface area contributed by atoms with Crippen molar-refractivity contribution in [2.24, 2.45) is 11.8 Å². The number of nitrogens with one attached hydrogen (secondary N) is 1. The van der Waals surface area contributed by atoms with Gasteiger partial charge in [0.05, 0.1) is 0 Å². The second kappa shape index (κ2) is 6.28. The Labute approximate surface area is 123 Å². The highest BCUT2D eigenvalue weighted by Gasteiger charge is 2.35. The van der Waals surface area contributed by atoms with E-state index in [9.17, 15) is 0 Å². The molecule has 20 heavy (non-hydrogen) atoms. The third-order valence-corrected chi connectivity index (χ3v) is 4.95. The predicted molar refractivity (Wildman–Crippen MR) is 84.5 cm³/mol. The molecule has 2 aliphatic rings. The average molecular weight is 272 g/mol. The highest BCUT2D eigenvalue weighted by molar-refractivity contribution is 5.22. The van der Waals surface area contributed by atoms with Crippen molar-refractivity contribution in [2.45, 2.75) is 52.2 Å². The maximum absolute atomic E-state index is 3.47. The number of hydrogen-bond acceptors (Lipinski definition) is 2. The molecule has 0 bridgehead atoms. The van der Waals surface area contributed by atoms with Crippen LogP contribution < -0.4 is 5.32 Å². The van der Waals surface area contributed by atoms with Gasteiger partial charge >= 0.3 is 0 Å². The molecular formula is C18H28N2. The average Bonchev–Trinajstić information content (AvgIpc) is 2.99. The lowest BCUT2D eigenvalue weighted by Crippen LogP contribution is -2.22. The van der Waals surface area contributed by atoms with Gasteiger partial charge in [-0.25, -0.2) is 0 Å². The van der Waals surface area contributed by atoms with Gasteiger partial charge in [0, 0.05) is 32.2 Å². The van der Waals surface area contributed by atoms with Crippen molar-refractivity contribution in [3.8, 4) is 0 Å². The molecule has 1 aliphatic heterocycles. The summed E-state index contributed by atoms with van der Waals surface area (Å²) < 4.78 is 0. The standard InChI is InChI=1S/C18H28N2/c1-14(2)19-10-15-6-8-16(9-7-15)11-20-12-17-4-3-5-18(17)13-20/h6-9,14,17-19H,3-5,10-13H2,1-2H3. The molecule has 2 atom stereocenters. The zero-order valence-corrected chi connectivity index (χ0v) is 12.9. The summed E-state index contributed by atoms with van der Waals surface area (Å²) >= 11 is 0. The first-order chi connectivity index (χ1) is 9.70. The molecular weight excluding hydrogens is 244 g/mol. The van der Waals surface area contributed by atoms with E-state index in [1.807, 2.05) is 0 Å². The van der Waals surface area contributed by atoms with Gasteiger partial charge in [-0.2, -0.15) is 0 Å². The number of rotatable bonds is 5. The van der Waals surface area contributed by atoms with Gasteiger partial charge in [0.15, 0.2) is 0 Å². The van der Waals surface area contributed by atoms with Gasteiger partial charge in [-0.15, -0.1) is 0 Å². The van der Waals surface area contributed by atoms with Gasteiger partial charge in [0.1, 0.15) is 0 Å². The molecule has 1 saturated carbocycles. The lowest BCUT2D eigenvalue weighted by molar-refractivity contribution is 0.303. The van der Waals surface area contributed by atoms with Crippen LogP contribution in [-0.2, 0) is 13.1 Å². The topological polar surface area (TPSA) is 15.3 Å². The molecule has 2 unspecified atom stereocenters. The second-order valence-electron chi connectivity index (χ2n) is 7.00. The summed E-state index contributed by atoms with van der Waals surface area (Å²) in [5.41, 5.74) is 2.86. The first kappa shape index (κ1) is 14.1. The molecule has 1 saturated heterocycles. The summed E-state index contributed by atoms with van der Waals surface area (Å²) in [7, 11) is 0. The molecule has 1 heterocycles. The third kappa shape index (κ3) is 3.42. The van der Waals surface area contributed by atoms with Gasteiger partial charge in [0.25, 0.3) is 0 Å². The molecule has 2 nitrogen and oxygen atoms in total. The molecule has 2 heteroatoms. The van der Waals surface area contributed by atoms with E-state index in [4.69, 9.17) is 0 Å². The number of nitrogens with zero attached hydrogens (tertiary/aromatic N) is 1. The third-order valence-electron chi connectivity index (χ3n) is 4.95. The van der Waals surface area contributed by atoms with Crippen LogP contribution in [0.1, 0.15) is 44.2 Å². The quantitative estimate of drug-likeness (QED) is 0.883. The Morgan fingerprint density at radius 1 is 1.05 bits per heavy atom. The lowest BCUT2D eigenvalue weighted by atomic mass is 10.0. The van der Waals surface area contributed by atoms with Crippen LogP contribution in [0.4, 0.5) is 0 Å². The molecule has 1 N–H and O–H groups in total. The minimum absolute atomic E-state index is 0.554. The van der Waals surface area contributed by atoms with E-state index in [1.165, 1.54) is 43.5 Å². The van der Waals surface area contributed by atoms with Crippen molar-refractivity contribution in [3.05, 3.63) is 35.4 Å². The molecule has 0 aromatic heterocycles. The largest absolute Gasteiger partial charge is 0.310 e. The van der Waals surface area contributed by atoms with Crippen molar-refractivity contribution < 1.29 is 0 Å². The Balaban J connectivity index is 1.51. The van der Waals surface area contributed by atoms with E-state index >= 15 is 0 Å². The summed E-state index contributed by atoms with van der Waals surface area (Å²) in [5, 5.41) is 3.47. The number of benzene rings is 1. The molecule has 1 aromatic carbocycles. The smallest absolute Gasteiger partial charge is 0.0233 e. The van der Waals surface area contributed by atoms with Crippen LogP contribution in [0.3, 0.4) is 0 Å². The first-order valence-corrected chi connectivity index (χ1v) is 8.24. The van der Waals surface area contributed by atoms with E-state index in [-0.39, 0.29) is 0 Å². The molecule has 1 aromatic rings. The minimum atomic E-state index is 0.554. The van der Waals surface area contributed by atoms with E-state index in [0.717, 1.165) is 24.9 Å². The monoisotopic (exact) mass is 272 g/mol. The van der Waals surface area contributed by atoms with Gasteiger partial charge < -0.3 is 5.32 Å². The van der Waals surface area contributed by atoms with Crippen molar-refractivity contribution in [1.29, 1.82) is 0 Å². The normalized spacial score (nSPS) is 26.4. The fourth-order valence-corrected chi connectivity index (χ4v) is 3.80. The number of hydrogen-bond donors (Lipinski definition) is 1. The summed E-state index contributed by atoms with van der Waals surface area (Å²) in [6.45, 7) is 9.18. The van der Waals surface area contributed by atoms with Crippen LogP contribution in [-0.4, -0.2) is 24.0 Å². The maximum atomic E-state index is 3.47. The van der Waals surface area contributed by atoms with E-state index in [2.05, 4.69) is 48.3 Å². The number of fused-ring (bicyclic) bond motifs is 1. The Kier molecular flexibility index (Phi) is 4.42. The fourth-order valence-electron chi connectivity index (χ4n) is 3.80. The second-order valence-corrected chi connectivity index (χ2v) is 7.00. The minimum Gasteiger partial charge on any atom is -0.310 e. The molecule has 0 amide bonds. The van der Waals surface area contributed by atoms with Crippen molar-refractivity contribution in [1.82, 2.24) is 10.2 Å². The highest BCUT2D eigenvalue weighted by atomic mass is 15.2. The highest BCUT2D eigenvalue weighted by Crippen LogP contribution is 2.38. The Bertz CT molecular complexity index is 412. The summed E-state index contributed by atoms with van der Waals surface area (Å²) in [5.74, 6) is 2.01. The summed E-state index contributed by atoms with van der Waals surface area (Å²) in [6.07, 6.45) is 4.42. The van der Waals surface area contributed by atoms with Crippen LogP contribution in [0, 0.1) is 11.8 Å². The van der Waals surface area contributed by atoms with Crippen LogP contribution >= 0.6 is 0 Å². The Morgan fingerprint density at radius 2 is 1.65 bits per heavy atom. The van der Waals surface area contributed by atoms with E-state index in [0.29, 0.717) is 6.04 Å². The zero-order chi connectivity index (χ0) is 13.9. The van der Waals surface area contributed by atoms with E-state index in [1.54, 1.807) is 0 Å². The van der Waals surface area contributed by atoms with Crippen LogP contribution in [0.15, 0.2) is 24.3 Å². The van der Waals surface area contributed by atoms with Crippen LogP contribution in [0.25, 0.3) is 0 Å². The van der Waals surface area contributed by atoms with Crippen LogP contribution in [0.5, 0.6) is 0 Å². The van der Waals surface area contributed by atoms with Gasteiger partial charge in [-0.3, -0.25) is 4.90 Å². The lowest BCUT2D eigenvalue weighted by Gasteiger charge is -2.17.